The van der Waals surface area contributed by atoms with E-state index < -0.39 is 0 Å². The van der Waals surface area contributed by atoms with Crippen molar-refractivity contribution in [2.45, 2.75) is 45.6 Å². The van der Waals surface area contributed by atoms with Crippen LogP contribution in [-0.4, -0.2) is 19.0 Å². The molecule has 110 valence electrons. The minimum Gasteiger partial charge on any atom is -0.382 e. The molecule has 1 aliphatic rings. The number of benzene rings is 1. The van der Waals surface area contributed by atoms with Crippen molar-refractivity contribution in [2.24, 2.45) is 5.41 Å². The molecule has 1 fully saturated rings. The summed E-state index contributed by atoms with van der Waals surface area (Å²) in [6, 6.07) is 6.04. The summed E-state index contributed by atoms with van der Waals surface area (Å²) in [5.41, 5.74) is 1.96. The molecule has 1 saturated carbocycles. The van der Waals surface area contributed by atoms with Gasteiger partial charge < -0.3 is 10.6 Å². The number of carbonyl (C=O) groups is 1. The predicted molar refractivity (Wildman–Crippen MR) is 84.5 cm³/mol. The molecule has 2 rings (SSSR count). The first-order valence-corrected chi connectivity index (χ1v) is 7.57. The van der Waals surface area contributed by atoms with Crippen LogP contribution in [0.15, 0.2) is 18.2 Å². The van der Waals surface area contributed by atoms with Gasteiger partial charge in [0, 0.05) is 18.8 Å². The number of amides is 1. The van der Waals surface area contributed by atoms with Gasteiger partial charge in [-0.05, 0) is 49.3 Å². The fourth-order valence-corrected chi connectivity index (χ4v) is 2.91. The molecule has 1 aromatic rings. The summed E-state index contributed by atoms with van der Waals surface area (Å²) in [5, 5.41) is 6.62. The van der Waals surface area contributed by atoms with Gasteiger partial charge in [0.15, 0.2) is 0 Å². The van der Waals surface area contributed by atoms with Gasteiger partial charge in [0.05, 0.1) is 10.6 Å². The number of anilines is 1. The average molecular weight is 295 g/mol. The second-order valence-electron chi connectivity index (χ2n) is 6.36. The number of halogens is 1. The molecule has 0 aliphatic heterocycles. The summed E-state index contributed by atoms with van der Waals surface area (Å²) in [5.74, 6) is -0.150. The third kappa shape index (κ3) is 3.66. The molecule has 0 atom stereocenters. The van der Waals surface area contributed by atoms with Crippen molar-refractivity contribution >= 4 is 23.2 Å². The first-order chi connectivity index (χ1) is 9.41. The molecule has 0 bridgehead atoms. The van der Waals surface area contributed by atoms with E-state index in [1.807, 2.05) is 12.1 Å². The van der Waals surface area contributed by atoms with E-state index >= 15 is 0 Å². The highest BCUT2D eigenvalue weighted by Gasteiger charge is 2.26. The van der Waals surface area contributed by atoms with Crippen molar-refractivity contribution in [2.75, 3.05) is 12.4 Å². The van der Waals surface area contributed by atoms with Gasteiger partial charge in [0.2, 0.25) is 0 Å². The highest BCUT2D eigenvalue weighted by molar-refractivity contribution is 6.34. The summed E-state index contributed by atoms with van der Waals surface area (Å²) < 4.78 is 0. The minimum absolute atomic E-state index is 0.150. The van der Waals surface area contributed by atoms with Gasteiger partial charge >= 0.3 is 0 Å². The Balaban J connectivity index is 2.05. The maximum Gasteiger partial charge on any atom is 0.252 e. The molecule has 0 spiro atoms. The van der Waals surface area contributed by atoms with Gasteiger partial charge in [-0.2, -0.15) is 0 Å². The summed E-state index contributed by atoms with van der Waals surface area (Å²) >= 11 is 6.06. The second kappa shape index (κ2) is 6.04. The lowest BCUT2D eigenvalue weighted by molar-refractivity contribution is 0.0963. The zero-order valence-corrected chi connectivity index (χ0v) is 13.2. The number of hydrogen-bond acceptors (Lipinski definition) is 2. The summed E-state index contributed by atoms with van der Waals surface area (Å²) in [6.45, 7) is 4.66. The van der Waals surface area contributed by atoms with Crippen LogP contribution in [0, 0.1) is 5.41 Å². The molecule has 0 radical (unpaired) electrons. The van der Waals surface area contributed by atoms with Crippen LogP contribution >= 0.6 is 11.6 Å². The van der Waals surface area contributed by atoms with Crippen LogP contribution in [0.3, 0.4) is 0 Å². The normalized spacial score (nSPS) is 18.6. The lowest BCUT2D eigenvalue weighted by Crippen LogP contribution is -2.30. The van der Waals surface area contributed by atoms with E-state index in [1.165, 1.54) is 25.7 Å². The van der Waals surface area contributed by atoms with Crippen molar-refractivity contribution in [3.05, 3.63) is 28.8 Å². The van der Waals surface area contributed by atoms with Crippen LogP contribution < -0.4 is 10.6 Å². The van der Waals surface area contributed by atoms with E-state index in [2.05, 4.69) is 24.5 Å². The Kier molecular flexibility index (Phi) is 4.59. The lowest BCUT2D eigenvalue weighted by Gasteiger charge is -2.35. The second-order valence-corrected chi connectivity index (χ2v) is 6.76. The number of hydrogen-bond donors (Lipinski definition) is 2. The van der Waals surface area contributed by atoms with Crippen LogP contribution in [0.25, 0.3) is 0 Å². The maximum atomic E-state index is 11.7. The zero-order valence-electron chi connectivity index (χ0n) is 12.4. The minimum atomic E-state index is -0.150. The Morgan fingerprint density at radius 3 is 2.55 bits per heavy atom. The standard InChI is InChI=1S/C16H23ClN2O/c1-16(2)8-6-11(7-9-16)19-12-4-5-14(17)13(10-12)15(20)18-3/h4-5,10-11,19H,6-9H2,1-3H3,(H,18,20). The first-order valence-electron chi connectivity index (χ1n) is 7.19. The Hall–Kier alpha value is -1.22. The van der Waals surface area contributed by atoms with E-state index in [0.29, 0.717) is 22.0 Å². The fourth-order valence-electron chi connectivity index (χ4n) is 2.70. The van der Waals surface area contributed by atoms with Gasteiger partial charge in [-0.1, -0.05) is 25.4 Å². The molecule has 0 aromatic heterocycles. The zero-order chi connectivity index (χ0) is 14.8. The van der Waals surface area contributed by atoms with Gasteiger partial charge in [-0.15, -0.1) is 0 Å². The van der Waals surface area contributed by atoms with E-state index in [9.17, 15) is 4.79 Å². The van der Waals surface area contributed by atoms with Crippen LogP contribution in [-0.2, 0) is 0 Å². The summed E-state index contributed by atoms with van der Waals surface area (Å²) in [4.78, 5) is 11.7. The smallest absolute Gasteiger partial charge is 0.252 e. The highest BCUT2D eigenvalue weighted by Crippen LogP contribution is 2.36. The lowest BCUT2D eigenvalue weighted by atomic mass is 9.75. The van der Waals surface area contributed by atoms with Crippen molar-refractivity contribution in [1.82, 2.24) is 5.32 Å². The molecule has 1 aliphatic carbocycles. The average Bonchev–Trinajstić information content (AvgIpc) is 2.42. The molecule has 20 heavy (non-hydrogen) atoms. The molecule has 2 N–H and O–H groups in total. The van der Waals surface area contributed by atoms with E-state index in [1.54, 1.807) is 13.1 Å². The van der Waals surface area contributed by atoms with E-state index in [0.717, 1.165) is 5.69 Å². The number of rotatable bonds is 3. The molecular weight excluding hydrogens is 272 g/mol. The van der Waals surface area contributed by atoms with E-state index in [4.69, 9.17) is 11.6 Å². The molecular formula is C16H23ClN2O. The van der Waals surface area contributed by atoms with Crippen LogP contribution in [0.5, 0.6) is 0 Å². The monoisotopic (exact) mass is 294 g/mol. The quantitative estimate of drug-likeness (QED) is 0.882. The van der Waals surface area contributed by atoms with Crippen molar-refractivity contribution < 1.29 is 4.79 Å². The van der Waals surface area contributed by atoms with Crippen LogP contribution in [0.4, 0.5) is 5.69 Å². The summed E-state index contributed by atoms with van der Waals surface area (Å²) in [6.07, 6.45) is 4.82. The summed E-state index contributed by atoms with van der Waals surface area (Å²) in [7, 11) is 1.61. The molecule has 3 nitrogen and oxygen atoms in total. The van der Waals surface area contributed by atoms with Crippen molar-refractivity contribution in [1.29, 1.82) is 0 Å². The topological polar surface area (TPSA) is 41.1 Å². The highest BCUT2D eigenvalue weighted by atomic mass is 35.5. The van der Waals surface area contributed by atoms with Gasteiger partial charge in [0.25, 0.3) is 5.91 Å². The first kappa shape index (κ1) is 15.2. The SMILES string of the molecule is CNC(=O)c1cc(NC2CCC(C)(C)CC2)ccc1Cl. The van der Waals surface area contributed by atoms with Crippen LogP contribution in [0.1, 0.15) is 49.9 Å². The third-order valence-corrected chi connectivity index (χ3v) is 4.48. The Bertz CT molecular complexity index is 489. The Labute approximate surface area is 126 Å². The fraction of sp³-hybridized carbons (Fsp3) is 0.562. The Morgan fingerprint density at radius 1 is 1.30 bits per heavy atom. The molecule has 4 heteroatoms. The van der Waals surface area contributed by atoms with Crippen molar-refractivity contribution in [3.8, 4) is 0 Å². The van der Waals surface area contributed by atoms with Gasteiger partial charge in [-0.25, -0.2) is 0 Å². The largest absolute Gasteiger partial charge is 0.382 e. The van der Waals surface area contributed by atoms with Crippen molar-refractivity contribution in [3.63, 3.8) is 0 Å². The third-order valence-electron chi connectivity index (χ3n) is 4.15. The number of nitrogens with one attached hydrogen (secondary N) is 2. The molecule has 0 heterocycles. The molecule has 1 amide bonds. The molecule has 0 saturated heterocycles. The Morgan fingerprint density at radius 2 is 1.95 bits per heavy atom. The van der Waals surface area contributed by atoms with Crippen LogP contribution in [0.2, 0.25) is 5.02 Å². The molecule has 1 aromatic carbocycles. The molecule has 0 unspecified atom stereocenters. The number of carbonyl (C=O) groups excluding carboxylic acids is 1. The van der Waals surface area contributed by atoms with Gasteiger partial charge in [-0.3, -0.25) is 4.79 Å². The van der Waals surface area contributed by atoms with E-state index in [-0.39, 0.29) is 5.91 Å². The predicted octanol–water partition coefficient (Wildman–Crippen LogP) is 4.08. The maximum absolute atomic E-state index is 11.7. The van der Waals surface area contributed by atoms with Gasteiger partial charge in [0.1, 0.15) is 0 Å².